The SMILES string of the molecule is CN(C(=O)[C@H](Cc1cccc(C=NN)c1)Nc1ccc(-c2ccc(Cl)cc2C#N)cc1)S(C)(=O)=O.O=C(O)C(F)(F)F. The second-order valence-electron chi connectivity index (χ2n) is 8.67. The Morgan fingerprint density at radius 1 is 1.17 bits per heavy atom. The summed E-state index contributed by atoms with van der Waals surface area (Å²) in [5, 5.41) is 23.7. The van der Waals surface area contributed by atoms with Crippen LogP contribution in [0.3, 0.4) is 0 Å². The third-order valence-corrected chi connectivity index (χ3v) is 7.01. The molecule has 1 atom stereocenters. The van der Waals surface area contributed by atoms with Crippen LogP contribution in [0.4, 0.5) is 18.9 Å². The van der Waals surface area contributed by atoms with Gasteiger partial charge in [-0.05, 0) is 46.5 Å². The van der Waals surface area contributed by atoms with Crippen LogP contribution in [0.15, 0.2) is 71.8 Å². The monoisotopic (exact) mass is 623 g/mol. The minimum Gasteiger partial charge on any atom is -0.475 e. The molecule has 0 radical (unpaired) electrons. The number of halogens is 4. The summed E-state index contributed by atoms with van der Waals surface area (Å²) < 4.78 is 56.5. The Morgan fingerprint density at radius 2 is 1.79 bits per heavy atom. The maximum atomic E-state index is 13.1. The maximum absolute atomic E-state index is 13.1. The Hall–Kier alpha value is -4.61. The predicted molar refractivity (Wildman–Crippen MR) is 152 cm³/mol. The lowest BCUT2D eigenvalue weighted by Gasteiger charge is -2.24. The van der Waals surface area contributed by atoms with Crippen molar-refractivity contribution in [2.24, 2.45) is 10.9 Å². The number of benzene rings is 3. The highest BCUT2D eigenvalue weighted by Crippen LogP contribution is 2.27. The molecule has 0 saturated carbocycles. The van der Waals surface area contributed by atoms with E-state index in [0.717, 1.165) is 32.8 Å². The van der Waals surface area contributed by atoms with E-state index in [0.29, 0.717) is 16.3 Å². The zero-order valence-electron chi connectivity index (χ0n) is 22.1. The van der Waals surface area contributed by atoms with Crippen molar-refractivity contribution in [1.29, 1.82) is 5.26 Å². The van der Waals surface area contributed by atoms with E-state index in [1.54, 1.807) is 30.3 Å². The van der Waals surface area contributed by atoms with E-state index in [1.807, 2.05) is 36.4 Å². The number of nitrogens with two attached hydrogens (primary N) is 1. The van der Waals surface area contributed by atoms with E-state index in [2.05, 4.69) is 16.5 Å². The molecule has 0 saturated heterocycles. The summed E-state index contributed by atoms with van der Waals surface area (Å²) in [6, 6.07) is 20.8. The zero-order chi connectivity index (χ0) is 31.7. The van der Waals surface area contributed by atoms with E-state index in [1.165, 1.54) is 13.3 Å². The molecule has 3 aromatic carbocycles. The number of alkyl halides is 3. The van der Waals surface area contributed by atoms with Crippen LogP contribution < -0.4 is 11.2 Å². The number of nitrogens with one attached hydrogen (secondary N) is 1. The molecule has 3 aromatic rings. The molecule has 0 aliphatic carbocycles. The fourth-order valence-corrected chi connectivity index (χ4v) is 4.14. The average molecular weight is 624 g/mol. The molecule has 0 heterocycles. The summed E-state index contributed by atoms with van der Waals surface area (Å²) in [5.41, 5.74) is 4.14. The summed E-state index contributed by atoms with van der Waals surface area (Å²) in [5.74, 6) is 1.88. The summed E-state index contributed by atoms with van der Waals surface area (Å²) >= 11 is 5.99. The molecule has 0 unspecified atom stereocenters. The molecule has 1 amide bonds. The molecular weight excluding hydrogens is 599 g/mol. The molecule has 0 bridgehead atoms. The number of likely N-dealkylation sites (N-methyl/N-ethyl adjacent to an activating group) is 1. The zero-order valence-corrected chi connectivity index (χ0v) is 23.7. The van der Waals surface area contributed by atoms with Crippen LogP contribution in [-0.2, 0) is 26.0 Å². The average Bonchev–Trinajstić information content (AvgIpc) is 2.92. The highest BCUT2D eigenvalue weighted by atomic mass is 35.5. The lowest BCUT2D eigenvalue weighted by molar-refractivity contribution is -0.192. The van der Waals surface area contributed by atoms with Crippen LogP contribution in [0.25, 0.3) is 11.1 Å². The van der Waals surface area contributed by atoms with Gasteiger partial charge < -0.3 is 16.3 Å². The number of carboxylic acids is 1. The van der Waals surface area contributed by atoms with Crippen LogP contribution in [0.2, 0.25) is 5.02 Å². The number of hydrazone groups is 1. The van der Waals surface area contributed by atoms with Crippen LogP contribution in [0, 0.1) is 11.3 Å². The normalized spacial score (nSPS) is 12.0. The van der Waals surface area contributed by atoms with Crippen molar-refractivity contribution < 1.29 is 36.3 Å². The van der Waals surface area contributed by atoms with Gasteiger partial charge in [0.2, 0.25) is 10.0 Å². The number of carbonyl (C=O) groups excluding carboxylic acids is 1. The molecule has 15 heteroatoms. The van der Waals surface area contributed by atoms with Gasteiger partial charge in [0.1, 0.15) is 6.04 Å². The molecule has 3 rings (SSSR count). The number of carboxylic acid groups (broad SMARTS) is 1. The number of carbonyl (C=O) groups is 2. The van der Waals surface area contributed by atoms with Gasteiger partial charge in [-0.1, -0.05) is 54.1 Å². The summed E-state index contributed by atoms with van der Waals surface area (Å²) in [6.07, 6.45) is -2.39. The molecule has 0 aliphatic rings. The molecule has 0 aromatic heterocycles. The van der Waals surface area contributed by atoms with Gasteiger partial charge in [-0.3, -0.25) is 4.79 Å². The van der Waals surface area contributed by atoms with Gasteiger partial charge in [0.05, 0.1) is 24.1 Å². The number of nitriles is 1. The lowest BCUT2D eigenvalue weighted by Crippen LogP contribution is -2.44. The topological polar surface area (TPSA) is 166 Å². The van der Waals surface area contributed by atoms with Gasteiger partial charge >= 0.3 is 12.1 Å². The smallest absolute Gasteiger partial charge is 0.475 e. The third-order valence-electron chi connectivity index (χ3n) is 5.60. The molecule has 0 spiro atoms. The van der Waals surface area contributed by atoms with Gasteiger partial charge in [0.15, 0.2) is 0 Å². The Labute approximate surface area is 244 Å². The first-order chi connectivity index (χ1) is 19.6. The first-order valence-corrected chi connectivity index (χ1v) is 14.0. The minimum absolute atomic E-state index is 0.225. The van der Waals surface area contributed by atoms with Gasteiger partial charge in [-0.15, -0.1) is 0 Å². The number of amides is 1. The number of aliphatic carboxylic acids is 1. The summed E-state index contributed by atoms with van der Waals surface area (Å²) in [6.45, 7) is 0. The fourth-order valence-electron chi connectivity index (χ4n) is 3.51. The lowest BCUT2D eigenvalue weighted by atomic mass is 9.99. The van der Waals surface area contributed by atoms with Crippen LogP contribution in [-0.4, -0.2) is 61.4 Å². The van der Waals surface area contributed by atoms with Crippen LogP contribution >= 0.6 is 11.6 Å². The third kappa shape index (κ3) is 9.79. The second kappa shape index (κ2) is 14.3. The van der Waals surface area contributed by atoms with E-state index >= 15 is 0 Å². The first-order valence-electron chi connectivity index (χ1n) is 11.7. The number of sulfonamides is 1. The predicted octanol–water partition coefficient (Wildman–Crippen LogP) is 4.25. The van der Waals surface area contributed by atoms with Crippen molar-refractivity contribution in [1.82, 2.24) is 4.31 Å². The van der Waals surface area contributed by atoms with Gasteiger partial charge in [-0.25, -0.2) is 17.5 Å². The Kier molecular flexibility index (Phi) is 11.5. The van der Waals surface area contributed by atoms with Crippen molar-refractivity contribution >= 4 is 45.4 Å². The molecule has 0 aliphatic heterocycles. The van der Waals surface area contributed by atoms with E-state index in [9.17, 15) is 31.6 Å². The minimum atomic E-state index is -5.08. The first kappa shape index (κ1) is 33.6. The van der Waals surface area contributed by atoms with Gasteiger partial charge in [0, 0.05) is 24.2 Å². The van der Waals surface area contributed by atoms with Crippen LogP contribution in [0.5, 0.6) is 0 Å². The Balaban J connectivity index is 0.000000782. The standard InChI is InChI=1S/C25H24ClN5O3S.C2HF3O2/c1-31(35(2,33)34)25(32)24(13-17-4-3-5-18(12-17)16-29-28)30-22-9-6-19(7-10-22)23-11-8-21(26)14-20(23)15-27;3-2(4,5)1(6)7/h3-12,14,16,24,30H,13,28H2,1-2H3;(H,6,7)/t24-;/m0./s1. The second-order valence-corrected chi connectivity index (χ2v) is 11.1. The number of nitrogens with zero attached hydrogens (tertiary/aromatic N) is 3. The Morgan fingerprint density at radius 3 is 2.31 bits per heavy atom. The van der Waals surface area contributed by atoms with E-state index in [4.69, 9.17) is 27.3 Å². The van der Waals surface area contributed by atoms with Gasteiger partial charge in [-0.2, -0.15) is 23.5 Å². The number of hydrogen-bond donors (Lipinski definition) is 3. The number of hydrogen-bond acceptors (Lipinski definition) is 8. The van der Waals surface area contributed by atoms with E-state index < -0.39 is 34.1 Å². The molecule has 4 N–H and O–H groups in total. The van der Waals surface area contributed by atoms with Crippen molar-refractivity contribution in [2.45, 2.75) is 18.6 Å². The Bertz CT molecular complexity index is 1610. The highest BCUT2D eigenvalue weighted by Gasteiger charge is 2.38. The molecular formula is C27H25ClF3N5O5S. The molecule has 42 heavy (non-hydrogen) atoms. The van der Waals surface area contributed by atoms with Crippen molar-refractivity contribution in [3.05, 3.63) is 88.4 Å². The van der Waals surface area contributed by atoms with Gasteiger partial charge in [0.25, 0.3) is 5.91 Å². The fraction of sp³-hybridized carbons (Fsp3) is 0.185. The number of rotatable bonds is 8. The quantitative estimate of drug-likeness (QED) is 0.190. The summed E-state index contributed by atoms with van der Waals surface area (Å²) in [7, 11) is -2.50. The molecule has 222 valence electrons. The van der Waals surface area contributed by atoms with Crippen molar-refractivity contribution in [3.63, 3.8) is 0 Å². The maximum Gasteiger partial charge on any atom is 0.490 e. The summed E-state index contributed by atoms with van der Waals surface area (Å²) in [4.78, 5) is 22.0. The largest absolute Gasteiger partial charge is 0.490 e. The number of anilines is 1. The van der Waals surface area contributed by atoms with Crippen molar-refractivity contribution in [2.75, 3.05) is 18.6 Å². The molecule has 0 fully saturated rings. The van der Waals surface area contributed by atoms with Crippen molar-refractivity contribution in [3.8, 4) is 17.2 Å². The molecule has 10 nitrogen and oxygen atoms in total. The van der Waals surface area contributed by atoms with Crippen LogP contribution in [0.1, 0.15) is 16.7 Å². The highest BCUT2D eigenvalue weighted by molar-refractivity contribution is 7.88. The van der Waals surface area contributed by atoms with E-state index in [-0.39, 0.29) is 6.42 Å².